The van der Waals surface area contributed by atoms with Crippen molar-refractivity contribution in [3.63, 3.8) is 0 Å². The Bertz CT molecular complexity index is 761. The second-order valence-corrected chi connectivity index (χ2v) is 5.39. The van der Waals surface area contributed by atoms with Gasteiger partial charge in [0.25, 0.3) is 0 Å². The number of ether oxygens (including phenoxy) is 1. The van der Waals surface area contributed by atoms with Crippen LogP contribution in [0.25, 0.3) is 0 Å². The standard InChI is InChI=1S/C18H22FN3O3/c1-2-25-16-13-14(19)8-9-15(16)21-18(24)20-10-4-6-12-22-11-5-3-7-17(22)23/h3,5,7-9,11,13H,2,4,6,10,12H2,1H3,(H2,20,21,24). The number of unbranched alkanes of at least 4 members (excludes halogenated alkanes) is 1. The third kappa shape index (κ3) is 5.95. The molecule has 0 unspecified atom stereocenters. The normalized spacial score (nSPS) is 10.3. The highest BCUT2D eigenvalue weighted by molar-refractivity contribution is 5.90. The fourth-order valence-corrected chi connectivity index (χ4v) is 2.30. The van der Waals surface area contributed by atoms with Crippen molar-refractivity contribution in [2.24, 2.45) is 0 Å². The van der Waals surface area contributed by atoms with Gasteiger partial charge in [-0.3, -0.25) is 4.79 Å². The number of urea groups is 1. The van der Waals surface area contributed by atoms with E-state index in [0.29, 0.717) is 31.1 Å². The maximum atomic E-state index is 13.2. The van der Waals surface area contributed by atoms with Gasteiger partial charge < -0.3 is 19.9 Å². The Labute approximate surface area is 145 Å². The Morgan fingerprint density at radius 3 is 2.84 bits per heavy atom. The SMILES string of the molecule is CCOc1cc(F)ccc1NC(=O)NCCCCn1ccccc1=O. The minimum absolute atomic E-state index is 0.0343. The minimum atomic E-state index is -0.425. The van der Waals surface area contributed by atoms with E-state index in [2.05, 4.69) is 10.6 Å². The van der Waals surface area contributed by atoms with E-state index in [-0.39, 0.29) is 11.6 Å². The van der Waals surface area contributed by atoms with Gasteiger partial charge in [-0.15, -0.1) is 0 Å². The van der Waals surface area contributed by atoms with E-state index in [0.717, 1.165) is 12.8 Å². The summed E-state index contributed by atoms with van der Waals surface area (Å²) in [5.41, 5.74) is 0.379. The first-order valence-electron chi connectivity index (χ1n) is 8.23. The van der Waals surface area contributed by atoms with Crippen LogP contribution >= 0.6 is 0 Å². The molecular formula is C18H22FN3O3. The van der Waals surface area contributed by atoms with Gasteiger partial charge >= 0.3 is 6.03 Å². The van der Waals surface area contributed by atoms with Crippen LogP contribution in [0.3, 0.4) is 0 Å². The zero-order valence-electron chi connectivity index (χ0n) is 14.1. The van der Waals surface area contributed by atoms with Gasteiger partial charge in [0.1, 0.15) is 11.6 Å². The Hall–Kier alpha value is -2.83. The maximum Gasteiger partial charge on any atom is 0.319 e. The summed E-state index contributed by atoms with van der Waals surface area (Å²) in [7, 11) is 0. The van der Waals surface area contributed by atoms with Crippen LogP contribution in [0.2, 0.25) is 0 Å². The van der Waals surface area contributed by atoms with Crippen LogP contribution in [0.4, 0.5) is 14.9 Å². The number of hydrogen-bond acceptors (Lipinski definition) is 3. The van der Waals surface area contributed by atoms with Crippen molar-refractivity contribution in [3.05, 3.63) is 58.8 Å². The number of pyridine rings is 1. The fourth-order valence-electron chi connectivity index (χ4n) is 2.30. The summed E-state index contributed by atoms with van der Waals surface area (Å²) in [6.45, 7) is 3.24. The molecule has 134 valence electrons. The molecule has 0 atom stereocenters. The summed E-state index contributed by atoms with van der Waals surface area (Å²) >= 11 is 0. The molecule has 1 aromatic carbocycles. The Balaban J connectivity index is 1.74. The lowest BCUT2D eigenvalue weighted by Gasteiger charge is -2.12. The maximum absolute atomic E-state index is 13.2. The van der Waals surface area contributed by atoms with E-state index in [1.807, 2.05) is 6.07 Å². The monoisotopic (exact) mass is 347 g/mol. The van der Waals surface area contributed by atoms with Crippen LogP contribution in [0.5, 0.6) is 5.75 Å². The molecule has 6 nitrogen and oxygen atoms in total. The second kappa shape index (κ2) is 9.46. The third-order valence-corrected chi connectivity index (χ3v) is 3.50. The highest BCUT2D eigenvalue weighted by Gasteiger charge is 2.08. The molecular weight excluding hydrogens is 325 g/mol. The number of halogens is 1. The average Bonchev–Trinajstić information content (AvgIpc) is 2.59. The summed E-state index contributed by atoms with van der Waals surface area (Å²) in [6.07, 6.45) is 3.24. The number of aryl methyl sites for hydroxylation is 1. The van der Waals surface area contributed by atoms with E-state index < -0.39 is 5.82 Å². The summed E-state index contributed by atoms with van der Waals surface area (Å²) in [6, 6.07) is 8.60. The number of nitrogens with one attached hydrogen (secondary N) is 2. The van der Waals surface area contributed by atoms with Gasteiger partial charge in [0.05, 0.1) is 12.3 Å². The van der Waals surface area contributed by atoms with Crippen molar-refractivity contribution in [1.29, 1.82) is 0 Å². The number of benzene rings is 1. The Morgan fingerprint density at radius 1 is 1.24 bits per heavy atom. The molecule has 0 fully saturated rings. The molecule has 2 N–H and O–H groups in total. The van der Waals surface area contributed by atoms with Crippen molar-refractivity contribution in [2.45, 2.75) is 26.3 Å². The smallest absolute Gasteiger partial charge is 0.319 e. The van der Waals surface area contributed by atoms with Gasteiger partial charge in [0.15, 0.2) is 0 Å². The fraction of sp³-hybridized carbons (Fsp3) is 0.333. The first kappa shape index (κ1) is 18.5. The van der Waals surface area contributed by atoms with Gasteiger partial charge in [-0.1, -0.05) is 6.07 Å². The molecule has 2 rings (SSSR count). The first-order chi connectivity index (χ1) is 12.1. The molecule has 0 aliphatic heterocycles. The molecule has 0 aliphatic rings. The molecule has 1 aromatic heterocycles. The summed E-state index contributed by atoms with van der Waals surface area (Å²) < 4.78 is 20.2. The lowest BCUT2D eigenvalue weighted by molar-refractivity contribution is 0.251. The summed E-state index contributed by atoms with van der Waals surface area (Å²) in [4.78, 5) is 23.5. The predicted octanol–water partition coefficient (Wildman–Crippen LogP) is 2.99. The van der Waals surface area contributed by atoms with Gasteiger partial charge in [0, 0.05) is 31.4 Å². The average molecular weight is 347 g/mol. The molecule has 0 saturated heterocycles. The van der Waals surface area contributed by atoms with Crippen LogP contribution in [0.1, 0.15) is 19.8 Å². The zero-order chi connectivity index (χ0) is 18.1. The first-order valence-corrected chi connectivity index (χ1v) is 8.23. The number of carbonyl (C=O) groups is 1. The summed E-state index contributed by atoms with van der Waals surface area (Å²) in [5.74, 6) is -0.133. The van der Waals surface area contributed by atoms with Crippen molar-refractivity contribution in [1.82, 2.24) is 9.88 Å². The van der Waals surface area contributed by atoms with Crippen LogP contribution in [0, 0.1) is 5.82 Å². The number of hydrogen-bond donors (Lipinski definition) is 2. The molecule has 0 aliphatic carbocycles. The highest BCUT2D eigenvalue weighted by Crippen LogP contribution is 2.25. The van der Waals surface area contributed by atoms with Crippen LogP contribution in [-0.4, -0.2) is 23.7 Å². The molecule has 1 heterocycles. The number of anilines is 1. The van der Waals surface area contributed by atoms with Crippen molar-refractivity contribution >= 4 is 11.7 Å². The van der Waals surface area contributed by atoms with Gasteiger partial charge in [-0.25, -0.2) is 9.18 Å². The topological polar surface area (TPSA) is 72.4 Å². The van der Waals surface area contributed by atoms with Gasteiger partial charge in [-0.05, 0) is 38.0 Å². The van der Waals surface area contributed by atoms with Crippen molar-refractivity contribution in [2.75, 3.05) is 18.5 Å². The lowest BCUT2D eigenvalue weighted by Crippen LogP contribution is -2.30. The predicted molar refractivity (Wildman–Crippen MR) is 94.5 cm³/mol. The van der Waals surface area contributed by atoms with Crippen molar-refractivity contribution < 1.29 is 13.9 Å². The molecule has 0 saturated carbocycles. The van der Waals surface area contributed by atoms with E-state index in [9.17, 15) is 14.0 Å². The summed E-state index contributed by atoms with van der Waals surface area (Å²) in [5, 5.41) is 5.37. The molecule has 0 spiro atoms. The zero-order valence-corrected chi connectivity index (χ0v) is 14.1. The number of amides is 2. The van der Waals surface area contributed by atoms with E-state index in [4.69, 9.17) is 4.74 Å². The quantitative estimate of drug-likeness (QED) is 0.721. The highest BCUT2D eigenvalue weighted by atomic mass is 19.1. The molecule has 25 heavy (non-hydrogen) atoms. The van der Waals surface area contributed by atoms with Crippen molar-refractivity contribution in [3.8, 4) is 5.75 Å². The van der Waals surface area contributed by atoms with E-state index in [1.54, 1.807) is 23.8 Å². The molecule has 0 bridgehead atoms. The van der Waals surface area contributed by atoms with Gasteiger partial charge in [0.2, 0.25) is 5.56 Å². The van der Waals surface area contributed by atoms with Crippen LogP contribution < -0.4 is 20.9 Å². The van der Waals surface area contributed by atoms with E-state index in [1.165, 1.54) is 24.3 Å². The Kier molecular flexibility index (Phi) is 7.00. The lowest BCUT2D eigenvalue weighted by atomic mass is 10.3. The Morgan fingerprint density at radius 2 is 2.08 bits per heavy atom. The molecule has 2 aromatic rings. The van der Waals surface area contributed by atoms with E-state index >= 15 is 0 Å². The number of aromatic nitrogens is 1. The van der Waals surface area contributed by atoms with Crippen LogP contribution in [0.15, 0.2) is 47.4 Å². The number of rotatable bonds is 8. The third-order valence-electron chi connectivity index (χ3n) is 3.50. The largest absolute Gasteiger partial charge is 0.492 e. The number of carbonyl (C=O) groups excluding carboxylic acids is 1. The van der Waals surface area contributed by atoms with Crippen LogP contribution in [-0.2, 0) is 6.54 Å². The molecule has 7 heteroatoms. The number of nitrogens with zero attached hydrogens (tertiary/aromatic N) is 1. The molecule has 2 amide bonds. The minimum Gasteiger partial charge on any atom is -0.492 e. The molecule has 0 radical (unpaired) electrons. The van der Waals surface area contributed by atoms with Gasteiger partial charge in [-0.2, -0.15) is 0 Å². The second-order valence-electron chi connectivity index (χ2n) is 5.39.